The van der Waals surface area contributed by atoms with Crippen molar-refractivity contribution in [3.63, 3.8) is 0 Å². The molecule has 4 nitrogen and oxygen atoms in total. The largest absolute Gasteiger partial charge is 0.443 e. The number of hydrogen-bond acceptors (Lipinski definition) is 4. The average Bonchev–Trinajstić information content (AvgIpc) is 2.53. The van der Waals surface area contributed by atoms with Crippen LogP contribution in [0.5, 0.6) is 0 Å². The third kappa shape index (κ3) is 1.89. The highest BCUT2D eigenvalue weighted by Gasteiger charge is 2.23. The van der Waals surface area contributed by atoms with Crippen LogP contribution in [0.4, 0.5) is 0 Å². The fourth-order valence-electron chi connectivity index (χ4n) is 1.49. The summed E-state index contributed by atoms with van der Waals surface area (Å²) in [5.74, 6) is 1.51. The van der Waals surface area contributed by atoms with E-state index < -0.39 is 0 Å². The highest BCUT2D eigenvalue weighted by molar-refractivity contribution is 4.95. The zero-order valence-electron chi connectivity index (χ0n) is 7.69. The molecular formula is C9H14N2O2. The van der Waals surface area contributed by atoms with Gasteiger partial charge in [0.05, 0.1) is 12.8 Å². The molecule has 0 amide bonds. The lowest BCUT2D eigenvalue weighted by Gasteiger charge is -2.24. The van der Waals surface area contributed by atoms with E-state index in [9.17, 15) is 0 Å². The SMILES string of the molecule is Cc1cnc([C@@H]2CC[C@@H](N)CO2)o1. The van der Waals surface area contributed by atoms with Crippen LogP contribution >= 0.6 is 0 Å². The number of nitrogens with two attached hydrogens (primary N) is 1. The molecule has 1 aromatic heterocycles. The smallest absolute Gasteiger partial charge is 0.223 e. The van der Waals surface area contributed by atoms with Crippen LogP contribution in [-0.2, 0) is 4.74 Å². The van der Waals surface area contributed by atoms with Gasteiger partial charge in [0, 0.05) is 6.04 Å². The van der Waals surface area contributed by atoms with Gasteiger partial charge in [0.2, 0.25) is 5.89 Å². The number of aromatic nitrogens is 1. The Hall–Kier alpha value is -0.870. The molecule has 2 N–H and O–H groups in total. The third-order valence-electron chi connectivity index (χ3n) is 2.23. The van der Waals surface area contributed by atoms with Crippen molar-refractivity contribution in [1.29, 1.82) is 0 Å². The van der Waals surface area contributed by atoms with E-state index >= 15 is 0 Å². The second-order valence-corrected chi connectivity index (χ2v) is 3.47. The van der Waals surface area contributed by atoms with Gasteiger partial charge in [-0.25, -0.2) is 4.98 Å². The summed E-state index contributed by atoms with van der Waals surface area (Å²) in [6, 6.07) is 0.173. The second kappa shape index (κ2) is 3.47. The molecule has 4 heteroatoms. The lowest BCUT2D eigenvalue weighted by molar-refractivity contribution is -0.0116. The van der Waals surface area contributed by atoms with E-state index in [2.05, 4.69) is 4.98 Å². The molecule has 13 heavy (non-hydrogen) atoms. The Morgan fingerprint density at radius 3 is 2.92 bits per heavy atom. The molecule has 0 aromatic carbocycles. The van der Waals surface area contributed by atoms with E-state index in [-0.39, 0.29) is 12.1 Å². The molecule has 0 spiro atoms. The van der Waals surface area contributed by atoms with E-state index in [1.807, 2.05) is 6.92 Å². The molecule has 1 aliphatic rings. The molecule has 2 atom stereocenters. The maximum Gasteiger partial charge on any atom is 0.223 e. The first kappa shape index (κ1) is 8.72. The number of hydrogen-bond donors (Lipinski definition) is 1. The number of rotatable bonds is 1. The number of aryl methyl sites for hydroxylation is 1. The van der Waals surface area contributed by atoms with Gasteiger partial charge in [-0.05, 0) is 19.8 Å². The number of nitrogens with zero attached hydrogens (tertiary/aromatic N) is 1. The van der Waals surface area contributed by atoms with Crippen LogP contribution in [0.2, 0.25) is 0 Å². The van der Waals surface area contributed by atoms with E-state index in [1.54, 1.807) is 6.20 Å². The first-order valence-electron chi connectivity index (χ1n) is 4.55. The Kier molecular flexibility index (Phi) is 2.33. The van der Waals surface area contributed by atoms with Gasteiger partial charge in [-0.15, -0.1) is 0 Å². The van der Waals surface area contributed by atoms with Crippen LogP contribution in [-0.4, -0.2) is 17.6 Å². The zero-order chi connectivity index (χ0) is 9.26. The quantitative estimate of drug-likeness (QED) is 0.708. The van der Waals surface area contributed by atoms with Crippen LogP contribution in [0.3, 0.4) is 0 Å². The van der Waals surface area contributed by atoms with E-state index in [0.717, 1.165) is 18.6 Å². The van der Waals surface area contributed by atoms with E-state index in [0.29, 0.717) is 12.5 Å². The van der Waals surface area contributed by atoms with Crippen molar-refractivity contribution in [3.05, 3.63) is 17.8 Å². The van der Waals surface area contributed by atoms with Gasteiger partial charge in [0.15, 0.2) is 0 Å². The van der Waals surface area contributed by atoms with Gasteiger partial charge in [-0.3, -0.25) is 0 Å². The predicted molar refractivity (Wildman–Crippen MR) is 47.1 cm³/mol. The van der Waals surface area contributed by atoms with Crippen LogP contribution in [0.1, 0.15) is 30.6 Å². The van der Waals surface area contributed by atoms with Crippen molar-refractivity contribution in [2.45, 2.75) is 31.9 Å². The molecule has 2 rings (SSSR count). The summed E-state index contributed by atoms with van der Waals surface area (Å²) in [4.78, 5) is 4.13. The molecule has 2 heterocycles. The summed E-state index contributed by atoms with van der Waals surface area (Å²) in [6.45, 7) is 2.48. The Morgan fingerprint density at radius 2 is 2.38 bits per heavy atom. The summed E-state index contributed by atoms with van der Waals surface area (Å²) >= 11 is 0. The maximum absolute atomic E-state index is 5.70. The maximum atomic E-state index is 5.70. The van der Waals surface area contributed by atoms with Crippen LogP contribution in [0.25, 0.3) is 0 Å². The van der Waals surface area contributed by atoms with E-state index in [1.165, 1.54) is 0 Å². The van der Waals surface area contributed by atoms with Crippen molar-refractivity contribution >= 4 is 0 Å². The molecule has 0 unspecified atom stereocenters. The zero-order valence-corrected chi connectivity index (χ0v) is 7.69. The molecule has 0 bridgehead atoms. The third-order valence-corrected chi connectivity index (χ3v) is 2.23. The highest BCUT2D eigenvalue weighted by Crippen LogP contribution is 2.26. The van der Waals surface area contributed by atoms with Crippen molar-refractivity contribution in [2.24, 2.45) is 5.73 Å². The van der Waals surface area contributed by atoms with Gasteiger partial charge in [0.1, 0.15) is 11.9 Å². The summed E-state index contributed by atoms with van der Waals surface area (Å²) in [6.07, 6.45) is 3.61. The number of oxazole rings is 1. The minimum Gasteiger partial charge on any atom is -0.443 e. The highest BCUT2D eigenvalue weighted by atomic mass is 16.5. The molecule has 0 radical (unpaired) electrons. The van der Waals surface area contributed by atoms with Gasteiger partial charge in [-0.2, -0.15) is 0 Å². The van der Waals surface area contributed by atoms with Crippen molar-refractivity contribution < 1.29 is 9.15 Å². The second-order valence-electron chi connectivity index (χ2n) is 3.47. The monoisotopic (exact) mass is 182 g/mol. The minimum absolute atomic E-state index is 0.00787. The van der Waals surface area contributed by atoms with Gasteiger partial charge >= 0.3 is 0 Å². The van der Waals surface area contributed by atoms with Crippen molar-refractivity contribution in [1.82, 2.24) is 4.98 Å². The average molecular weight is 182 g/mol. The van der Waals surface area contributed by atoms with Gasteiger partial charge < -0.3 is 14.9 Å². The lowest BCUT2D eigenvalue weighted by atomic mass is 10.1. The van der Waals surface area contributed by atoms with Crippen molar-refractivity contribution in [2.75, 3.05) is 6.61 Å². The summed E-state index contributed by atoms with van der Waals surface area (Å²) in [5.41, 5.74) is 5.70. The summed E-state index contributed by atoms with van der Waals surface area (Å²) in [5, 5.41) is 0. The van der Waals surface area contributed by atoms with Crippen LogP contribution in [0, 0.1) is 6.92 Å². The topological polar surface area (TPSA) is 61.3 Å². The molecule has 0 aliphatic carbocycles. The van der Waals surface area contributed by atoms with Crippen molar-refractivity contribution in [3.8, 4) is 0 Å². The van der Waals surface area contributed by atoms with Gasteiger partial charge in [0.25, 0.3) is 0 Å². The van der Waals surface area contributed by atoms with Gasteiger partial charge in [-0.1, -0.05) is 0 Å². The molecule has 1 saturated heterocycles. The fraction of sp³-hybridized carbons (Fsp3) is 0.667. The van der Waals surface area contributed by atoms with Crippen LogP contribution < -0.4 is 5.73 Å². The summed E-state index contributed by atoms with van der Waals surface area (Å²) < 4.78 is 10.9. The Morgan fingerprint density at radius 1 is 1.54 bits per heavy atom. The Labute approximate surface area is 77.1 Å². The molecular weight excluding hydrogens is 168 g/mol. The first-order valence-corrected chi connectivity index (χ1v) is 4.55. The molecule has 1 aromatic rings. The Balaban J connectivity index is 2.02. The minimum atomic E-state index is 0.00787. The first-order chi connectivity index (χ1) is 6.25. The fourth-order valence-corrected chi connectivity index (χ4v) is 1.49. The van der Waals surface area contributed by atoms with E-state index in [4.69, 9.17) is 14.9 Å². The Bertz CT molecular complexity index is 277. The number of ether oxygens (including phenoxy) is 1. The lowest BCUT2D eigenvalue weighted by Crippen LogP contribution is -2.32. The molecule has 72 valence electrons. The normalized spacial score (nSPS) is 29.1. The predicted octanol–water partition coefficient (Wildman–Crippen LogP) is 1.16. The standard InChI is InChI=1S/C9H14N2O2/c1-6-4-11-9(13-6)8-3-2-7(10)5-12-8/h4,7-8H,2-3,5,10H2,1H3/t7-,8+/m1/s1. The molecule has 1 aliphatic heterocycles. The molecule has 0 saturated carbocycles. The molecule has 1 fully saturated rings. The van der Waals surface area contributed by atoms with Crippen LogP contribution in [0.15, 0.2) is 10.6 Å². The summed E-state index contributed by atoms with van der Waals surface area (Å²) in [7, 11) is 0.